The maximum absolute atomic E-state index is 12.0. The number of nitrogens with zero attached hydrogens (tertiary/aromatic N) is 3. The molecular formula is C10H5ClF3N3O. The summed E-state index contributed by atoms with van der Waals surface area (Å²) in [7, 11) is 0. The van der Waals surface area contributed by atoms with Gasteiger partial charge < -0.3 is 4.74 Å². The second kappa shape index (κ2) is 4.77. The predicted octanol–water partition coefficient (Wildman–Crippen LogP) is 3.09. The van der Waals surface area contributed by atoms with E-state index in [4.69, 9.17) is 11.6 Å². The Morgan fingerprint density at radius 2 is 1.94 bits per heavy atom. The fourth-order valence-electron chi connectivity index (χ4n) is 1.23. The zero-order valence-corrected chi connectivity index (χ0v) is 9.40. The maximum atomic E-state index is 12.0. The molecule has 2 rings (SSSR count). The van der Waals surface area contributed by atoms with Gasteiger partial charge in [-0.25, -0.2) is 4.98 Å². The quantitative estimate of drug-likeness (QED) is 0.845. The topological polar surface area (TPSA) is 47.9 Å². The number of benzene rings is 1. The van der Waals surface area contributed by atoms with E-state index in [0.29, 0.717) is 5.56 Å². The van der Waals surface area contributed by atoms with Crippen LogP contribution in [0.1, 0.15) is 0 Å². The van der Waals surface area contributed by atoms with Crippen LogP contribution in [0.25, 0.3) is 11.4 Å². The van der Waals surface area contributed by atoms with Crippen LogP contribution in [0.3, 0.4) is 0 Å². The molecule has 0 amide bonds. The normalized spacial score (nSPS) is 11.3. The van der Waals surface area contributed by atoms with Crippen molar-refractivity contribution in [1.29, 1.82) is 0 Å². The van der Waals surface area contributed by atoms with Crippen LogP contribution in [-0.2, 0) is 0 Å². The van der Waals surface area contributed by atoms with Gasteiger partial charge in [-0.2, -0.15) is 0 Å². The Hall–Kier alpha value is -1.89. The van der Waals surface area contributed by atoms with Gasteiger partial charge in [0.2, 0.25) is 0 Å². The first kappa shape index (κ1) is 12.6. The molecule has 4 nitrogen and oxygen atoms in total. The largest absolute Gasteiger partial charge is 0.573 e. The summed E-state index contributed by atoms with van der Waals surface area (Å²) < 4.78 is 39.9. The highest BCUT2D eigenvalue weighted by molar-refractivity contribution is 6.29. The number of aromatic nitrogens is 3. The number of alkyl halides is 3. The molecule has 0 saturated carbocycles. The summed E-state index contributed by atoms with van der Waals surface area (Å²) in [6.07, 6.45) is -3.49. The molecular weight excluding hydrogens is 271 g/mol. The molecule has 0 saturated heterocycles. The van der Waals surface area contributed by atoms with Crippen LogP contribution in [0.5, 0.6) is 5.75 Å². The second-order valence-corrected chi connectivity index (χ2v) is 3.57. The predicted molar refractivity (Wildman–Crippen MR) is 57.0 cm³/mol. The lowest BCUT2D eigenvalue weighted by molar-refractivity contribution is -0.274. The Labute approximate surface area is 104 Å². The molecule has 0 aliphatic carbocycles. The summed E-state index contributed by atoms with van der Waals surface area (Å²) in [5.41, 5.74) is 0.348. The lowest BCUT2D eigenvalue weighted by Gasteiger charge is -2.09. The highest BCUT2D eigenvalue weighted by atomic mass is 35.5. The summed E-state index contributed by atoms with van der Waals surface area (Å²) in [6, 6.07) is 5.28. The summed E-state index contributed by atoms with van der Waals surface area (Å²) >= 11 is 5.51. The zero-order valence-electron chi connectivity index (χ0n) is 8.65. The van der Waals surface area contributed by atoms with E-state index in [-0.39, 0.29) is 16.7 Å². The second-order valence-electron chi connectivity index (χ2n) is 3.18. The van der Waals surface area contributed by atoms with Gasteiger partial charge in [-0.3, -0.25) is 0 Å². The zero-order chi connectivity index (χ0) is 13.2. The minimum atomic E-state index is -4.74. The van der Waals surface area contributed by atoms with Crippen molar-refractivity contribution in [2.45, 2.75) is 6.36 Å². The third kappa shape index (κ3) is 3.30. The lowest BCUT2D eigenvalue weighted by atomic mass is 10.2. The average Bonchev–Trinajstić information content (AvgIpc) is 2.28. The highest BCUT2D eigenvalue weighted by Crippen LogP contribution is 2.26. The van der Waals surface area contributed by atoms with Crippen LogP contribution in [-0.4, -0.2) is 21.5 Å². The molecule has 1 aromatic carbocycles. The molecule has 0 bridgehead atoms. The molecule has 94 valence electrons. The number of ether oxygens (including phenoxy) is 1. The summed E-state index contributed by atoms with van der Waals surface area (Å²) in [5.74, 6) is -0.189. The van der Waals surface area contributed by atoms with Crippen molar-refractivity contribution in [3.63, 3.8) is 0 Å². The summed E-state index contributed by atoms with van der Waals surface area (Å²) in [5, 5.41) is 7.30. The van der Waals surface area contributed by atoms with Gasteiger partial charge >= 0.3 is 6.36 Å². The molecule has 8 heteroatoms. The number of hydrogen-bond donors (Lipinski definition) is 0. The molecule has 0 atom stereocenters. The van der Waals surface area contributed by atoms with Gasteiger partial charge in [0, 0.05) is 5.56 Å². The van der Waals surface area contributed by atoms with Gasteiger partial charge in [-0.1, -0.05) is 23.7 Å². The number of rotatable bonds is 2. The van der Waals surface area contributed by atoms with Gasteiger partial charge in [-0.15, -0.1) is 23.4 Å². The van der Waals surface area contributed by atoms with Crippen molar-refractivity contribution < 1.29 is 17.9 Å². The Morgan fingerprint density at radius 1 is 1.17 bits per heavy atom. The first-order valence-corrected chi connectivity index (χ1v) is 5.03. The van der Waals surface area contributed by atoms with Gasteiger partial charge in [-0.05, 0) is 12.1 Å². The fraction of sp³-hybridized carbons (Fsp3) is 0.100. The van der Waals surface area contributed by atoms with Crippen molar-refractivity contribution in [3.8, 4) is 17.1 Å². The fourth-order valence-corrected chi connectivity index (χ4v) is 1.31. The van der Waals surface area contributed by atoms with E-state index < -0.39 is 6.36 Å². The van der Waals surface area contributed by atoms with E-state index in [9.17, 15) is 13.2 Å². The van der Waals surface area contributed by atoms with Gasteiger partial charge in [0.25, 0.3) is 0 Å². The van der Waals surface area contributed by atoms with E-state index in [1.54, 1.807) is 0 Å². The molecule has 1 aromatic heterocycles. The smallest absolute Gasteiger partial charge is 0.406 e. The average molecular weight is 276 g/mol. The molecule has 18 heavy (non-hydrogen) atoms. The van der Waals surface area contributed by atoms with Crippen LogP contribution in [0.15, 0.2) is 30.5 Å². The molecule has 0 N–H and O–H groups in total. The standard InChI is InChI=1S/C10H5ClF3N3O/c11-8-5-15-9(17-16-8)6-2-1-3-7(4-6)18-10(12,13)14/h1-5H. The maximum Gasteiger partial charge on any atom is 0.573 e. The van der Waals surface area contributed by atoms with Crippen molar-refractivity contribution >= 4 is 11.6 Å². The third-order valence-electron chi connectivity index (χ3n) is 1.86. The highest BCUT2D eigenvalue weighted by Gasteiger charge is 2.31. The van der Waals surface area contributed by atoms with Crippen LogP contribution in [0.2, 0.25) is 5.15 Å². The summed E-state index contributed by atoms with van der Waals surface area (Å²) in [6.45, 7) is 0. The Bertz CT molecular complexity index is 545. The van der Waals surface area contributed by atoms with E-state index in [0.717, 1.165) is 0 Å². The van der Waals surface area contributed by atoms with E-state index in [2.05, 4.69) is 19.9 Å². The molecule has 0 unspecified atom stereocenters. The number of hydrogen-bond acceptors (Lipinski definition) is 4. The van der Waals surface area contributed by atoms with Crippen molar-refractivity contribution in [2.75, 3.05) is 0 Å². The van der Waals surface area contributed by atoms with Crippen molar-refractivity contribution in [1.82, 2.24) is 15.2 Å². The van der Waals surface area contributed by atoms with Crippen molar-refractivity contribution in [3.05, 3.63) is 35.6 Å². The minimum absolute atomic E-state index is 0.0986. The minimum Gasteiger partial charge on any atom is -0.406 e. The van der Waals surface area contributed by atoms with Gasteiger partial charge in [0.05, 0.1) is 6.20 Å². The molecule has 0 spiro atoms. The van der Waals surface area contributed by atoms with Crippen LogP contribution in [0, 0.1) is 0 Å². The Balaban J connectivity index is 2.29. The molecule has 0 aliphatic rings. The first-order valence-electron chi connectivity index (χ1n) is 4.65. The van der Waals surface area contributed by atoms with E-state index in [1.165, 1.54) is 30.5 Å². The van der Waals surface area contributed by atoms with E-state index in [1.807, 2.05) is 0 Å². The Kier molecular flexibility index (Phi) is 3.33. The first-order chi connectivity index (χ1) is 8.44. The van der Waals surface area contributed by atoms with Crippen LogP contribution < -0.4 is 4.74 Å². The van der Waals surface area contributed by atoms with Crippen LogP contribution >= 0.6 is 11.6 Å². The lowest BCUT2D eigenvalue weighted by Crippen LogP contribution is -2.17. The molecule has 0 aliphatic heterocycles. The molecule has 1 heterocycles. The van der Waals surface area contributed by atoms with Gasteiger partial charge in [0.15, 0.2) is 11.0 Å². The third-order valence-corrected chi connectivity index (χ3v) is 2.03. The van der Waals surface area contributed by atoms with Crippen molar-refractivity contribution in [2.24, 2.45) is 0 Å². The Morgan fingerprint density at radius 3 is 2.56 bits per heavy atom. The van der Waals surface area contributed by atoms with Crippen LogP contribution in [0.4, 0.5) is 13.2 Å². The molecule has 0 radical (unpaired) electrons. The SMILES string of the molecule is FC(F)(F)Oc1cccc(-c2ncc(Cl)nn2)c1. The van der Waals surface area contributed by atoms with E-state index >= 15 is 0 Å². The number of halogens is 4. The molecule has 2 aromatic rings. The van der Waals surface area contributed by atoms with Gasteiger partial charge in [0.1, 0.15) is 5.75 Å². The monoisotopic (exact) mass is 275 g/mol. The summed E-state index contributed by atoms with van der Waals surface area (Å²) in [4.78, 5) is 3.84. The molecule has 0 fully saturated rings.